The van der Waals surface area contributed by atoms with Crippen molar-refractivity contribution < 1.29 is 4.79 Å². The summed E-state index contributed by atoms with van der Waals surface area (Å²) in [5.74, 6) is 0.0546. The number of hydrogen-bond acceptors (Lipinski definition) is 5. The van der Waals surface area contributed by atoms with Gasteiger partial charge < -0.3 is 10.6 Å². The van der Waals surface area contributed by atoms with E-state index < -0.39 is 0 Å². The van der Waals surface area contributed by atoms with Crippen molar-refractivity contribution in [2.24, 2.45) is 0 Å². The van der Waals surface area contributed by atoms with Gasteiger partial charge in [-0.25, -0.2) is 9.97 Å². The predicted molar refractivity (Wildman–Crippen MR) is 97.2 cm³/mol. The summed E-state index contributed by atoms with van der Waals surface area (Å²) in [7, 11) is 0. The highest BCUT2D eigenvalue weighted by atomic mass is 35.5. The zero-order valence-electron chi connectivity index (χ0n) is 12.9. The van der Waals surface area contributed by atoms with Crippen LogP contribution in [-0.2, 0) is 6.54 Å². The van der Waals surface area contributed by atoms with Crippen molar-refractivity contribution >= 4 is 40.7 Å². The maximum absolute atomic E-state index is 12.1. The van der Waals surface area contributed by atoms with Crippen LogP contribution in [0.15, 0.2) is 55.1 Å². The number of carbonyl (C=O) groups is 1. The molecule has 6 nitrogen and oxygen atoms in total. The number of aromatic nitrogens is 3. The molecule has 126 valence electrons. The molecule has 0 fully saturated rings. The van der Waals surface area contributed by atoms with Gasteiger partial charge in [0.1, 0.15) is 0 Å². The van der Waals surface area contributed by atoms with E-state index >= 15 is 0 Å². The van der Waals surface area contributed by atoms with Gasteiger partial charge in [-0.05, 0) is 35.9 Å². The summed E-state index contributed by atoms with van der Waals surface area (Å²) in [6.45, 7) is 0.402. The number of hydrogen-bond donors (Lipinski definition) is 2. The molecule has 0 saturated heterocycles. The Kier molecular flexibility index (Phi) is 5.42. The largest absolute Gasteiger partial charge is 0.348 e. The normalized spacial score (nSPS) is 10.3. The Bertz CT molecular complexity index is 872. The highest BCUT2D eigenvalue weighted by molar-refractivity contribution is 6.35. The third-order valence-corrected chi connectivity index (χ3v) is 3.86. The molecule has 1 aromatic carbocycles. The monoisotopic (exact) mass is 373 g/mol. The van der Waals surface area contributed by atoms with Crippen molar-refractivity contribution in [3.05, 3.63) is 76.3 Å². The van der Waals surface area contributed by atoms with Crippen LogP contribution in [0.4, 0.5) is 11.6 Å². The Morgan fingerprint density at radius 1 is 1.04 bits per heavy atom. The quantitative estimate of drug-likeness (QED) is 0.709. The van der Waals surface area contributed by atoms with Crippen molar-refractivity contribution in [3.8, 4) is 0 Å². The first-order valence-electron chi connectivity index (χ1n) is 7.33. The summed E-state index contributed by atoms with van der Waals surface area (Å²) in [5, 5.41) is 6.79. The van der Waals surface area contributed by atoms with Gasteiger partial charge >= 0.3 is 0 Å². The molecular formula is C17H13Cl2N5O. The van der Waals surface area contributed by atoms with E-state index in [1.165, 1.54) is 12.4 Å². The highest BCUT2D eigenvalue weighted by Gasteiger charge is 2.08. The number of pyridine rings is 1. The minimum Gasteiger partial charge on any atom is -0.348 e. The Morgan fingerprint density at radius 3 is 2.48 bits per heavy atom. The number of nitrogens with zero attached hydrogens (tertiary/aromatic N) is 3. The molecule has 2 N–H and O–H groups in total. The second kappa shape index (κ2) is 7.92. The molecule has 1 amide bonds. The zero-order valence-corrected chi connectivity index (χ0v) is 14.4. The molecule has 0 atom stereocenters. The van der Waals surface area contributed by atoms with E-state index in [0.29, 0.717) is 33.8 Å². The van der Waals surface area contributed by atoms with Gasteiger partial charge in [0.05, 0.1) is 16.3 Å². The fourth-order valence-electron chi connectivity index (χ4n) is 2.01. The molecule has 0 saturated carbocycles. The Balaban J connectivity index is 1.63. The van der Waals surface area contributed by atoms with Crippen LogP contribution in [0, 0.1) is 0 Å². The molecule has 0 aliphatic carbocycles. The van der Waals surface area contributed by atoms with Gasteiger partial charge in [0.25, 0.3) is 5.91 Å². The summed E-state index contributed by atoms with van der Waals surface area (Å²) < 4.78 is 0. The van der Waals surface area contributed by atoms with E-state index in [9.17, 15) is 4.79 Å². The Hall–Kier alpha value is -2.70. The van der Waals surface area contributed by atoms with Gasteiger partial charge in [0.2, 0.25) is 5.95 Å². The van der Waals surface area contributed by atoms with Gasteiger partial charge in [-0.15, -0.1) is 0 Å². The highest BCUT2D eigenvalue weighted by Crippen LogP contribution is 2.27. The lowest BCUT2D eigenvalue weighted by Crippen LogP contribution is -2.23. The van der Waals surface area contributed by atoms with Crippen LogP contribution in [0.25, 0.3) is 0 Å². The number of rotatable bonds is 5. The van der Waals surface area contributed by atoms with Gasteiger partial charge in [0, 0.05) is 36.4 Å². The molecule has 8 heteroatoms. The van der Waals surface area contributed by atoms with E-state index in [2.05, 4.69) is 25.6 Å². The Labute approximate surface area is 154 Å². The average Bonchev–Trinajstić information content (AvgIpc) is 2.64. The van der Waals surface area contributed by atoms with Crippen LogP contribution < -0.4 is 10.6 Å². The van der Waals surface area contributed by atoms with E-state index in [1.54, 1.807) is 30.6 Å². The molecule has 3 rings (SSSR count). The van der Waals surface area contributed by atoms with Crippen molar-refractivity contribution in [1.29, 1.82) is 0 Å². The molecule has 0 aliphatic heterocycles. The summed E-state index contributed by atoms with van der Waals surface area (Å²) in [6.07, 6.45) is 6.23. The number of halogens is 2. The summed E-state index contributed by atoms with van der Waals surface area (Å²) in [5.41, 5.74) is 1.90. The van der Waals surface area contributed by atoms with E-state index in [4.69, 9.17) is 23.2 Å². The smallest absolute Gasteiger partial charge is 0.254 e. The van der Waals surface area contributed by atoms with Gasteiger partial charge in [0.15, 0.2) is 0 Å². The first-order valence-corrected chi connectivity index (χ1v) is 8.08. The summed E-state index contributed by atoms with van der Waals surface area (Å²) in [4.78, 5) is 24.3. The zero-order chi connectivity index (χ0) is 17.6. The van der Waals surface area contributed by atoms with Crippen molar-refractivity contribution in [3.63, 3.8) is 0 Å². The molecular weight excluding hydrogens is 361 g/mol. The van der Waals surface area contributed by atoms with Crippen LogP contribution >= 0.6 is 23.2 Å². The van der Waals surface area contributed by atoms with Crippen molar-refractivity contribution in [1.82, 2.24) is 20.3 Å². The first-order chi connectivity index (χ1) is 12.1. The molecule has 0 bridgehead atoms. The van der Waals surface area contributed by atoms with Crippen LogP contribution in [0.5, 0.6) is 0 Å². The number of benzene rings is 1. The fraction of sp³-hybridized carbons (Fsp3) is 0.0588. The number of anilines is 2. The molecule has 2 heterocycles. The maximum atomic E-state index is 12.1. The molecule has 25 heavy (non-hydrogen) atoms. The summed E-state index contributed by atoms with van der Waals surface area (Å²) >= 11 is 12.0. The van der Waals surface area contributed by atoms with E-state index in [1.807, 2.05) is 12.1 Å². The van der Waals surface area contributed by atoms with Crippen molar-refractivity contribution in [2.75, 3.05) is 5.32 Å². The number of carbonyl (C=O) groups excluding carboxylic acids is 1. The molecule has 0 spiro atoms. The third kappa shape index (κ3) is 4.65. The topological polar surface area (TPSA) is 79.8 Å². The van der Waals surface area contributed by atoms with Gasteiger partial charge in [-0.3, -0.25) is 9.78 Å². The predicted octanol–water partition coefficient (Wildman–Crippen LogP) is 3.85. The SMILES string of the molecule is O=C(NCc1ccncc1)c1cnc(Nc2cc(Cl)ccc2Cl)nc1. The molecule has 2 aromatic heterocycles. The van der Waals surface area contributed by atoms with E-state index in [0.717, 1.165) is 5.56 Å². The second-order valence-corrected chi connectivity index (χ2v) is 5.93. The minimum absolute atomic E-state index is 0.260. The molecule has 0 radical (unpaired) electrons. The average molecular weight is 374 g/mol. The molecule has 0 aliphatic rings. The second-order valence-electron chi connectivity index (χ2n) is 5.08. The molecule has 0 unspecified atom stereocenters. The fourth-order valence-corrected chi connectivity index (χ4v) is 2.35. The summed E-state index contributed by atoms with van der Waals surface area (Å²) in [6, 6.07) is 8.69. The van der Waals surface area contributed by atoms with E-state index in [-0.39, 0.29) is 5.91 Å². The Morgan fingerprint density at radius 2 is 1.76 bits per heavy atom. The lowest BCUT2D eigenvalue weighted by molar-refractivity contribution is 0.0950. The maximum Gasteiger partial charge on any atom is 0.254 e. The lowest BCUT2D eigenvalue weighted by Gasteiger charge is -2.08. The lowest BCUT2D eigenvalue weighted by atomic mass is 10.2. The third-order valence-electron chi connectivity index (χ3n) is 3.29. The minimum atomic E-state index is -0.260. The van der Waals surface area contributed by atoms with Gasteiger partial charge in [-0.1, -0.05) is 23.2 Å². The first kappa shape index (κ1) is 17.1. The van der Waals surface area contributed by atoms with Crippen LogP contribution in [0.3, 0.4) is 0 Å². The van der Waals surface area contributed by atoms with Crippen LogP contribution in [0.2, 0.25) is 10.0 Å². The van der Waals surface area contributed by atoms with Crippen LogP contribution in [0.1, 0.15) is 15.9 Å². The molecule has 3 aromatic rings. The van der Waals surface area contributed by atoms with Crippen LogP contribution in [-0.4, -0.2) is 20.9 Å². The standard InChI is InChI=1S/C17H13Cl2N5O/c18-13-1-2-14(19)15(7-13)24-17-22-9-12(10-23-17)16(25)21-8-11-3-5-20-6-4-11/h1-7,9-10H,8H2,(H,21,25)(H,22,23,24). The number of nitrogens with one attached hydrogen (secondary N) is 2. The number of amides is 1. The van der Waals surface area contributed by atoms with Gasteiger partial charge in [-0.2, -0.15) is 0 Å². The van der Waals surface area contributed by atoms with Crippen molar-refractivity contribution in [2.45, 2.75) is 6.54 Å².